The number of rotatable bonds is 2. The van der Waals surface area contributed by atoms with Gasteiger partial charge >= 0.3 is 0 Å². The van der Waals surface area contributed by atoms with Gasteiger partial charge in [0.25, 0.3) is 0 Å². The summed E-state index contributed by atoms with van der Waals surface area (Å²) in [6.07, 6.45) is 2.74. The standard InChI is InChI=1S/C23H19FN4O4S/c1-33(29,30)15-4-2-13(3-5-15)16-8-20-23(28-12-26-27-22(16)28)25-9-17-18(24)6-7-19-21(17)14(10-31-19)11-32-20/h2-8,12,14,25H,9-11H2,1H3/t14-/m0/s1. The van der Waals surface area contributed by atoms with Crippen LogP contribution in [0.5, 0.6) is 11.5 Å². The normalized spacial score (nSPS) is 17.1. The van der Waals surface area contributed by atoms with Crippen molar-refractivity contribution in [2.24, 2.45) is 0 Å². The third-order valence-electron chi connectivity index (χ3n) is 6.11. The van der Waals surface area contributed by atoms with E-state index in [1.807, 2.05) is 6.07 Å². The molecule has 2 aliphatic heterocycles. The van der Waals surface area contributed by atoms with Crippen molar-refractivity contribution in [3.63, 3.8) is 0 Å². The Hall–Kier alpha value is -3.66. The number of aromatic nitrogens is 3. The molecule has 6 rings (SSSR count). The summed E-state index contributed by atoms with van der Waals surface area (Å²) in [6, 6.07) is 11.5. The number of halogens is 1. The van der Waals surface area contributed by atoms with Gasteiger partial charge in [0.05, 0.1) is 24.0 Å². The second-order valence-electron chi connectivity index (χ2n) is 8.20. The molecule has 33 heavy (non-hydrogen) atoms. The van der Waals surface area contributed by atoms with Crippen LogP contribution in [-0.4, -0.2) is 42.5 Å². The highest BCUT2D eigenvalue weighted by atomic mass is 32.2. The molecule has 1 N–H and O–H groups in total. The maximum atomic E-state index is 14.7. The zero-order chi connectivity index (χ0) is 22.7. The third-order valence-corrected chi connectivity index (χ3v) is 7.24. The molecule has 0 spiro atoms. The first-order valence-corrected chi connectivity index (χ1v) is 12.3. The first-order chi connectivity index (χ1) is 15.9. The Kier molecular flexibility index (Phi) is 4.34. The van der Waals surface area contributed by atoms with Gasteiger partial charge in [0.2, 0.25) is 0 Å². The highest BCUT2D eigenvalue weighted by Crippen LogP contribution is 2.41. The van der Waals surface area contributed by atoms with E-state index < -0.39 is 9.84 Å². The predicted molar refractivity (Wildman–Crippen MR) is 119 cm³/mol. The molecule has 1 atom stereocenters. The molecule has 10 heteroatoms. The molecule has 2 aliphatic rings. The van der Waals surface area contributed by atoms with E-state index >= 15 is 0 Å². The van der Waals surface area contributed by atoms with E-state index in [0.29, 0.717) is 41.7 Å². The lowest BCUT2D eigenvalue weighted by Gasteiger charge is -2.16. The van der Waals surface area contributed by atoms with Crippen molar-refractivity contribution in [1.29, 1.82) is 0 Å². The van der Waals surface area contributed by atoms with Gasteiger partial charge in [-0.25, -0.2) is 12.8 Å². The summed E-state index contributed by atoms with van der Waals surface area (Å²) >= 11 is 0. The van der Waals surface area contributed by atoms with E-state index in [-0.39, 0.29) is 23.2 Å². The monoisotopic (exact) mass is 466 g/mol. The van der Waals surface area contributed by atoms with Gasteiger partial charge in [0.15, 0.2) is 27.1 Å². The molecule has 0 unspecified atom stereocenters. The second kappa shape index (κ2) is 7.17. The molecule has 2 aromatic heterocycles. The molecule has 4 heterocycles. The fourth-order valence-corrected chi connectivity index (χ4v) is 5.11. The Morgan fingerprint density at radius 3 is 2.61 bits per heavy atom. The smallest absolute Gasteiger partial charge is 0.175 e. The lowest BCUT2D eigenvalue weighted by Crippen LogP contribution is -2.13. The van der Waals surface area contributed by atoms with Crippen molar-refractivity contribution >= 4 is 21.3 Å². The molecule has 8 nitrogen and oxygen atoms in total. The summed E-state index contributed by atoms with van der Waals surface area (Å²) in [4.78, 5) is 0.237. The van der Waals surface area contributed by atoms with Crippen LogP contribution in [0.3, 0.4) is 0 Å². The number of fused-ring (bicyclic) bond motifs is 3. The van der Waals surface area contributed by atoms with E-state index in [4.69, 9.17) is 9.47 Å². The van der Waals surface area contributed by atoms with E-state index in [2.05, 4.69) is 15.5 Å². The van der Waals surface area contributed by atoms with Gasteiger partial charge in [-0.05, 0) is 35.9 Å². The minimum atomic E-state index is -3.30. The van der Waals surface area contributed by atoms with Crippen LogP contribution >= 0.6 is 0 Å². The quantitative estimate of drug-likeness (QED) is 0.484. The average Bonchev–Trinajstić information content (AvgIpc) is 3.44. The van der Waals surface area contributed by atoms with Gasteiger partial charge in [0.1, 0.15) is 17.9 Å². The minimum Gasteiger partial charge on any atom is -0.493 e. The average molecular weight is 466 g/mol. The first-order valence-electron chi connectivity index (χ1n) is 10.4. The van der Waals surface area contributed by atoms with Gasteiger partial charge in [-0.1, -0.05) is 12.1 Å². The number of benzene rings is 2. The van der Waals surface area contributed by atoms with Gasteiger partial charge < -0.3 is 14.8 Å². The molecule has 2 aromatic carbocycles. The summed E-state index contributed by atoms with van der Waals surface area (Å²) in [6.45, 7) is 0.995. The molecule has 0 aliphatic carbocycles. The number of hydrogen-bond donors (Lipinski definition) is 1. The van der Waals surface area contributed by atoms with Crippen molar-refractivity contribution in [2.75, 3.05) is 24.8 Å². The van der Waals surface area contributed by atoms with Crippen molar-refractivity contribution in [3.05, 3.63) is 65.7 Å². The Bertz CT molecular complexity index is 1520. The molecule has 0 bridgehead atoms. The number of sulfone groups is 1. The lowest BCUT2D eigenvalue weighted by atomic mass is 9.96. The van der Waals surface area contributed by atoms with Crippen LogP contribution in [0.1, 0.15) is 17.0 Å². The fraction of sp³-hybridized carbons (Fsp3) is 0.217. The Morgan fingerprint density at radius 1 is 1.09 bits per heavy atom. The number of nitrogens with one attached hydrogen (secondary N) is 1. The van der Waals surface area contributed by atoms with Crippen molar-refractivity contribution < 1.29 is 22.3 Å². The van der Waals surface area contributed by atoms with Crippen molar-refractivity contribution in [3.8, 4) is 22.6 Å². The SMILES string of the molecule is CS(=O)(=O)c1ccc(-c2cc3c(n4cnnc24)NCc2c(F)ccc4c2[C@@H](CO4)CO3)cc1. The second-order valence-corrected chi connectivity index (χ2v) is 10.2. The summed E-state index contributed by atoms with van der Waals surface area (Å²) in [5.74, 6) is 1.49. The number of nitrogens with zero attached hydrogens (tertiary/aromatic N) is 3. The van der Waals surface area contributed by atoms with E-state index in [0.717, 1.165) is 16.7 Å². The largest absolute Gasteiger partial charge is 0.493 e. The molecule has 0 amide bonds. The van der Waals surface area contributed by atoms with E-state index in [9.17, 15) is 12.8 Å². The number of hydrogen-bond acceptors (Lipinski definition) is 7. The summed E-state index contributed by atoms with van der Waals surface area (Å²) in [5, 5.41) is 11.6. The van der Waals surface area contributed by atoms with E-state index in [1.54, 1.807) is 41.1 Å². The molecule has 0 saturated heterocycles. The maximum absolute atomic E-state index is 14.7. The van der Waals surface area contributed by atoms with Gasteiger partial charge in [-0.3, -0.25) is 4.40 Å². The highest BCUT2D eigenvalue weighted by molar-refractivity contribution is 7.90. The van der Waals surface area contributed by atoms with Crippen LogP contribution in [0.4, 0.5) is 10.2 Å². The van der Waals surface area contributed by atoms with Gasteiger partial charge in [0, 0.05) is 29.5 Å². The molecule has 0 saturated carbocycles. The van der Waals surface area contributed by atoms with Gasteiger partial charge in [-0.15, -0.1) is 10.2 Å². The minimum absolute atomic E-state index is 0.0902. The Morgan fingerprint density at radius 2 is 1.85 bits per heavy atom. The lowest BCUT2D eigenvalue weighted by molar-refractivity contribution is 0.249. The van der Waals surface area contributed by atoms with Crippen molar-refractivity contribution in [1.82, 2.24) is 14.6 Å². The fourth-order valence-electron chi connectivity index (χ4n) is 4.48. The van der Waals surface area contributed by atoms with Crippen molar-refractivity contribution in [2.45, 2.75) is 17.4 Å². The summed E-state index contributed by atoms with van der Waals surface area (Å²) < 4.78 is 52.1. The highest BCUT2D eigenvalue weighted by Gasteiger charge is 2.31. The van der Waals surface area contributed by atoms with Crippen LogP contribution < -0.4 is 14.8 Å². The van der Waals surface area contributed by atoms with Crippen LogP contribution in [0.25, 0.3) is 16.8 Å². The van der Waals surface area contributed by atoms with Crippen LogP contribution in [0.15, 0.2) is 53.7 Å². The number of pyridine rings is 1. The molecule has 0 radical (unpaired) electrons. The zero-order valence-corrected chi connectivity index (χ0v) is 18.4. The molecule has 168 valence electrons. The number of anilines is 1. The molecular weight excluding hydrogens is 447 g/mol. The molecule has 4 aromatic rings. The van der Waals surface area contributed by atoms with Crippen LogP contribution in [0.2, 0.25) is 0 Å². The summed E-state index contributed by atoms with van der Waals surface area (Å²) in [5.41, 5.74) is 3.48. The number of ether oxygens (including phenoxy) is 2. The topological polar surface area (TPSA) is 94.8 Å². The Labute approximate surface area is 188 Å². The van der Waals surface area contributed by atoms with E-state index in [1.165, 1.54) is 12.3 Å². The third kappa shape index (κ3) is 3.20. The predicted octanol–water partition coefficient (Wildman–Crippen LogP) is 3.42. The molecular formula is C23H19FN4O4S. The summed E-state index contributed by atoms with van der Waals surface area (Å²) in [7, 11) is -3.30. The maximum Gasteiger partial charge on any atom is 0.175 e. The Balaban J connectivity index is 1.48. The molecule has 0 fully saturated rings. The van der Waals surface area contributed by atoms with Gasteiger partial charge in [-0.2, -0.15) is 0 Å². The van der Waals surface area contributed by atoms with Crippen LogP contribution in [0, 0.1) is 5.82 Å². The zero-order valence-electron chi connectivity index (χ0n) is 17.6. The van der Waals surface area contributed by atoms with Crippen LogP contribution in [-0.2, 0) is 16.4 Å². The first kappa shape index (κ1) is 20.0.